The Morgan fingerprint density at radius 1 is 0.774 bits per heavy atom. The lowest BCUT2D eigenvalue weighted by Gasteiger charge is -2.08. The second-order valence-electron chi connectivity index (χ2n) is 7.18. The SMILES string of the molecule is O=C(CCc1ccc(S(=O)(=O)NCCc2ccccc2)cc1)NCc1ccc(Cl)cc1. The molecule has 3 rings (SSSR count). The van der Waals surface area contributed by atoms with Crippen LogP contribution >= 0.6 is 11.6 Å². The molecule has 0 saturated heterocycles. The summed E-state index contributed by atoms with van der Waals surface area (Å²) in [5.41, 5.74) is 2.96. The highest BCUT2D eigenvalue weighted by Crippen LogP contribution is 2.13. The van der Waals surface area contributed by atoms with Gasteiger partial charge < -0.3 is 5.32 Å². The van der Waals surface area contributed by atoms with Crippen LogP contribution in [0.1, 0.15) is 23.1 Å². The first-order valence-electron chi connectivity index (χ1n) is 10.1. The third kappa shape index (κ3) is 7.51. The predicted octanol–water partition coefficient (Wildman–Crippen LogP) is 4.11. The molecule has 1 amide bonds. The monoisotopic (exact) mass is 456 g/mol. The quantitative estimate of drug-likeness (QED) is 0.482. The Morgan fingerprint density at radius 3 is 2.06 bits per heavy atom. The molecule has 5 nitrogen and oxygen atoms in total. The lowest BCUT2D eigenvalue weighted by atomic mass is 10.1. The van der Waals surface area contributed by atoms with Crippen molar-refractivity contribution in [1.82, 2.24) is 10.0 Å². The lowest BCUT2D eigenvalue weighted by molar-refractivity contribution is -0.121. The third-order valence-corrected chi connectivity index (χ3v) is 6.55. The van der Waals surface area contributed by atoms with Crippen molar-refractivity contribution >= 4 is 27.5 Å². The van der Waals surface area contributed by atoms with E-state index < -0.39 is 10.0 Å². The van der Waals surface area contributed by atoms with Crippen LogP contribution < -0.4 is 10.0 Å². The van der Waals surface area contributed by atoms with Gasteiger partial charge in [0.25, 0.3) is 0 Å². The Balaban J connectivity index is 1.44. The predicted molar refractivity (Wildman–Crippen MR) is 123 cm³/mol. The average Bonchev–Trinajstić information content (AvgIpc) is 2.78. The van der Waals surface area contributed by atoms with Crippen molar-refractivity contribution in [3.8, 4) is 0 Å². The zero-order valence-corrected chi connectivity index (χ0v) is 18.6. The van der Waals surface area contributed by atoms with Gasteiger partial charge in [0.1, 0.15) is 0 Å². The summed E-state index contributed by atoms with van der Waals surface area (Å²) in [4.78, 5) is 12.3. The van der Waals surface area contributed by atoms with Crippen LogP contribution in [-0.4, -0.2) is 20.9 Å². The summed E-state index contributed by atoms with van der Waals surface area (Å²) in [5, 5.41) is 3.53. The minimum atomic E-state index is -3.56. The van der Waals surface area contributed by atoms with Gasteiger partial charge in [-0.25, -0.2) is 13.1 Å². The minimum Gasteiger partial charge on any atom is -0.352 e. The number of carbonyl (C=O) groups excluding carboxylic acids is 1. The average molecular weight is 457 g/mol. The van der Waals surface area contributed by atoms with Gasteiger partial charge in [-0.2, -0.15) is 0 Å². The van der Waals surface area contributed by atoms with E-state index in [4.69, 9.17) is 11.6 Å². The van der Waals surface area contributed by atoms with E-state index in [2.05, 4.69) is 10.0 Å². The first-order chi connectivity index (χ1) is 14.9. The van der Waals surface area contributed by atoms with Crippen LogP contribution in [0.3, 0.4) is 0 Å². The number of amides is 1. The molecule has 0 aliphatic carbocycles. The smallest absolute Gasteiger partial charge is 0.240 e. The van der Waals surface area contributed by atoms with Crippen LogP contribution in [0.4, 0.5) is 0 Å². The van der Waals surface area contributed by atoms with Crippen molar-refractivity contribution in [2.45, 2.75) is 30.7 Å². The summed E-state index contributed by atoms with van der Waals surface area (Å²) in [6, 6.07) is 23.7. The molecule has 0 aliphatic rings. The zero-order chi connectivity index (χ0) is 22.1. The number of carbonyl (C=O) groups is 1. The summed E-state index contributed by atoms with van der Waals surface area (Å²) >= 11 is 5.85. The van der Waals surface area contributed by atoms with Gasteiger partial charge >= 0.3 is 0 Å². The van der Waals surface area contributed by atoms with E-state index in [0.717, 1.165) is 16.7 Å². The van der Waals surface area contributed by atoms with Crippen LogP contribution in [0.25, 0.3) is 0 Å². The molecule has 0 saturated carbocycles. The molecule has 7 heteroatoms. The van der Waals surface area contributed by atoms with Crippen molar-refractivity contribution in [1.29, 1.82) is 0 Å². The summed E-state index contributed by atoms with van der Waals surface area (Å²) in [6.07, 6.45) is 1.49. The van der Waals surface area contributed by atoms with E-state index >= 15 is 0 Å². The Labute approximate surface area is 188 Å². The van der Waals surface area contributed by atoms with Crippen LogP contribution in [0.2, 0.25) is 5.02 Å². The highest BCUT2D eigenvalue weighted by molar-refractivity contribution is 7.89. The molecule has 2 N–H and O–H groups in total. The van der Waals surface area contributed by atoms with Crippen LogP contribution in [0, 0.1) is 0 Å². The summed E-state index contributed by atoms with van der Waals surface area (Å²) in [7, 11) is -3.56. The summed E-state index contributed by atoms with van der Waals surface area (Å²) in [5.74, 6) is -0.0609. The molecule has 0 atom stereocenters. The molecule has 162 valence electrons. The number of aryl methyl sites for hydroxylation is 1. The first-order valence-corrected chi connectivity index (χ1v) is 11.9. The number of benzene rings is 3. The maximum absolute atomic E-state index is 12.5. The number of halogens is 1. The van der Waals surface area contributed by atoms with Crippen molar-refractivity contribution < 1.29 is 13.2 Å². The molecule has 0 fully saturated rings. The summed E-state index contributed by atoms with van der Waals surface area (Å²) in [6.45, 7) is 0.781. The van der Waals surface area contributed by atoms with Crippen molar-refractivity contribution in [2.75, 3.05) is 6.54 Å². The van der Waals surface area contributed by atoms with E-state index in [1.807, 2.05) is 42.5 Å². The maximum Gasteiger partial charge on any atom is 0.240 e. The second kappa shape index (κ2) is 11.1. The zero-order valence-electron chi connectivity index (χ0n) is 17.1. The highest BCUT2D eigenvalue weighted by atomic mass is 35.5. The fourth-order valence-electron chi connectivity index (χ4n) is 3.04. The third-order valence-electron chi connectivity index (χ3n) is 4.83. The van der Waals surface area contributed by atoms with Gasteiger partial charge in [-0.1, -0.05) is 66.2 Å². The normalized spacial score (nSPS) is 11.3. The molecular formula is C24H25ClN2O3S. The van der Waals surface area contributed by atoms with Crippen LogP contribution in [-0.2, 0) is 34.2 Å². The number of hydrogen-bond acceptors (Lipinski definition) is 3. The largest absolute Gasteiger partial charge is 0.352 e. The fourth-order valence-corrected chi connectivity index (χ4v) is 4.20. The number of hydrogen-bond donors (Lipinski definition) is 2. The number of nitrogens with one attached hydrogen (secondary N) is 2. The Kier molecular flexibility index (Phi) is 8.23. The maximum atomic E-state index is 12.5. The molecule has 3 aromatic carbocycles. The standard InChI is InChI=1S/C24H25ClN2O3S/c25-22-11-6-21(7-12-22)18-26-24(28)15-10-20-8-13-23(14-9-20)31(29,30)27-17-16-19-4-2-1-3-5-19/h1-9,11-14,27H,10,15-18H2,(H,26,28). The molecule has 3 aromatic rings. The lowest BCUT2D eigenvalue weighted by Crippen LogP contribution is -2.26. The molecule has 0 bridgehead atoms. The molecule has 0 aliphatic heterocycles. The van der Waals surface area contributed by atoms with E-state index in [1.54, 1.807) is 36.4 Å². The van der Waals surface area contributed by atoms with Gasteiger partial charge in [0.15, 0.2) is 0 Å². The molecule has 0 radical (unpaired) electrons. The van der Waals surface area contributed by atoms with Crippen LogP contribution in [0.5, 0.6) is 0 Å². The molecular weight excluding hydrogens is 432 g/mol. The van der Waals surface area contributed by atoms with Gasteiger partial charge in [-0.05, 0) is 53.8 Å². The van der Waals surface area contributed by atoms with Gasteiger partial charge in [0, 0.05) is 24.5 Å². The fraction of sp³-hybridized carbons (Fsp3) is 0.208. The minimum absolute atomic E-state index is 0.0609. The topological polar surface area (TPSA) is 75.3 Å². The van der Waals surface area contributed by atoms with Crippen molar-refractivity contribution in [3.05, 3.63) is 101 Å². The Morgan fingerprint density at radius 2 is 1.39 bits per heavy atom. The van der Waals surface area contributed by atoms with E-state index in [9.17, 15) is 13.2 Å². The van der Waals surface area contributed by atoms with E-state index in [0.29, 0.717) is 37.4 Å². The Hall–Kier alpha value is -2.67. The van der Waals surface area contributed by atoms with Gasteiger partial charge in [0.05, 0.1) is 4.90 Å². The molecule has 0 aromatic heterocycles. The molecule has 31 heavy (non-hydrogen) atoms. The summed E-state index contributed by atoms with van der Waals surface area (Å²) < 4.78 is 27.5. The second-order valence-corrected chi connectivity index (χ2v) is 9.38. The number of rotatable bonds is 10. The van der Waals surface area contributed by atoms with Gasteiger partial charge in [-0.15, -0.1) is 0 Å². The number of sulfonamides is 1. The molecule has 0 unspecified atom stereocenters. The molecule has 0 spiro atoms. The van der Waals surface area contributed by atoms with Crippen LogP contribution in [0.15, 0.2) is 83.8 Å². The molecule has 0 heterocycles. The Bertz CT molecular complexity index is 1080. The van der Waals surface area contributed by atoms with Crippen molar-refractivity contribution in [3.63, 3.8) is 0 Å². The van der Waals surface area contributed by atoms with Gasteiger partial charge in [0.2, 0.25) is 15.9 Å². The van der Waals surface area contributed by atoms with Gasteiger partial charge in [-0.3, -0.25) is 4.79 Å². The first kappa shape index (κ1) is 23.0. The highest BCUT2D eigenvalue weighted by Gasteiger charge is 2.13. The van der Waals surface area contributed by atoms with E-state index in [1.165, 1.54) is 0 Å². The van der Waals surface area contributed by atoms with Crippen molar-refractivity contribution in [2.24, 2.45) is 0 Å². The van der Waals surface area contributed by atoms with E-state index in [-0.39, 0.29) is 10.8 Å².